The van der Waals surface area contributed by atoms with E-state index in [1.165, 1.54) is 25.7 Å². The summed E-state index contributed by atoms with van der Waals surface area (Å²) >= 11 is 0. The summed E-state index contributed by atoms with van der Waals surface area (Å²) in [6, 6.07) is 0. The highest BCUT2D eigenvalue weighted by molar-refractivity contribution is 4.64. The van der Waals surface area contributed by atoms with E-state index in [0.717, 1.165) is 13.0 Å². The highest BCUT2D eigenvalue weighted by Crippen LogP contribution is 2.18. The van der Waals surface area contributed by atoms with Crippen LogP contribution in [0, 0.1) is 0 Å². The minimum atomic E-state index is 0.0802. The molecule has 0 aromatic carbocycles. The third-order valence-electron chi connectivity index (χ3n) is 2.28. The van der Waals surface area contributed by atoms with Crippen molar-refractivity contribution in [2.75, 3.05) is 6.61 Å². The fraction of sp³-hybridized carbons (Fsp3) is 1.00. The molecule has 0 radical (unpaired) electrons. The van der Waals surface area contributed by atoms with E-state index in [9.17, 15) is 0 Å². The highest BCUT2D eigenvalue weighted by atomic mass is 16.7. The molecule has 1 aliphatic heterocycles. The lowest BCUT2D eigenvalue weighted by Gasteiger charge is -2.08. The number of unbranched alkanes of at least 4 members (excludes halogenated alkanes) is 2. The molecule has 12 heavy (non-hydrogen) atoms. The Morgan fingerprint density at radius 2 is 2.08 bits per heavy atom. The van der Waals surface area contributed by atoms with Crippen LogP contribution in [-0.4, -0.2) is 19.0 Å². The first kappa shape index (κ1) is 10.0. The quantitative estimate of drug-likeness (QED) is 0.594. The fourth-order valence-electron chi connectivity index (χ4n) is 1.50. The van der Waals surface area contributed by atoms with Crippen LogP contribution >= 0.6 is 0 Å². The average Bonchev–Trinajstić information content (AvgIpc) is 2.53. The second kappa shape index (κ2) is 5.55. The minimum Gasteiger partial charge on any atom is -0.350 e. The van der Waals surface area contributed by atoms with Gasteiger partial charge in [0.1, 0.15) is 0 Å². The summed E-state index contributed by atoms with van der Waals surface area (Å²) in [7, 11) is 0. The van der Waals surface area contributed by atoms with Crippen molar-refractivity contribution in [2.24, 2.45) is 0 Å². The molecule has 72 valence electrons. The number of hydrogen-bond acceptors (Lipinski definition) is 2. The maximum absolute atomic E-state index is 5.63. The SMILES string of the molecule is CCCCCC1COC(CC)O1. The van der Waals surface area contributed by atoms with Gasteiger partial charge in [-0.2, -0.15) is 0 Å². The van der Waals surface area contributed by atoms with Gasteiger partial charge in [-0.15, -0.1) is 0 Å². The Kier molecular flexibility index (Phi) is 4.62. The van der Waals surface area contributed by atoms with Crippen molar-refractivity contribution < 1.29 is 9.47 Å². The summed E-state index contributed by atoms with van der Waals surface area (Å²) in [6.07, 6.45) is 6.48. The van der Waals surface area contributed by atoms with Crippen LogP contribution in [0.4, 0.5) is 0 Å². The maximum atomic E-state index is 5.63. The van der Waals surface area contributed by atoms with Crippen LogP contribution in [0.25, 0.3) is 0 Å². The van der Waals surface area contributed by atoms with E-state index in [2.05, 4.69) is 13.8 Å². The zero-order chi connectivity index (χ0) is 8.81. The van der Waals surface area contributed by atoms with Gasteiger partial charge in [-0.25, -0.2) is 0 Å². The summed E-state index contributed by atoms with van der Waals surface area (Å²) in [5.41, 5.74) is 0. The molecule has 2 nitrogen and oxygen atoms in total. The summed E-state index contributed by atoms with van der Waals surface area (Å²) in [4.78, 5) is 0. The van der Waals surface area contributed by atoms with Gasteiger partial charge in [-0.05, 0) is 12.8 Å². The molecular formula is C10H20O2. The maximum Gasteiger partial charge on any atom is 0.157 e. The van der Waals surface area contributed by atoms with Crippen LogP contribution in [0.15, 0.2) is 0 Å². The van der Waals surface area contributed by atoms with Gasteiger partial charge in [-0.1, -0.05) is 33.1 Å². The largest absolute Gasteiger partial charge is 0.350 e. The average molecular weight is 172 g/mol. The van der Waals surface area contributed by atoms with Crippen LogP contribution in [-0.2, 0) is 9.47 Å². The molecule has 0 spiro atoms. The molecule has 1 rings (SSSR count). The summed E-state index contributed by atoms with van der Waals surface area (Å²) in [5.74, 6) is 0. The molecule has 2 heteroatoms. The predicted octanol–water partition coefficient (Wildman–Crippen LogP) is 2.72. The lowest BCUT2D eigenvalue weighted by Crippen LogP contribution is -2.11. The van der Waals surface area contributed by atoms with Crippen molar-refractivity contribution in [2.45, 2.75) is 58.3 Å². The Labute approximate surface area is 75.2 Å². The van der Waals surface area contributed by atoms with E-state index >= 15 is 0 Å². The normalized spacial score (nSPS) is 29.5. The van der Waals surface area contributed by atoms with Gasteiger partial charge >= 0.3 is 0 Å². The molecule has 0 bridgehead atoms. The zero-order valence-electron chi connectivity index (χ0n) is 8.21. The molecule has 1 fully saturated rings. The first-order chi connectivity index (χ1) is 5.86. The van der Waals surface area contributed by atoms with E-state index in [1.54, 1.807) is 0 Å². The van der Waals surface area contributed by atoms with Crippen molar-refractivity contribution >= 4 is 0 Å². The van der Waals surface area contributed by atoms with Gasteiger partial charge in [0.2, 0.25) is 0 Å². The van der Waals surface area contributed by atoms with Gasteiger partial charge < -0.3 is 9.47 Å². The molecule has 1 saturated heterocycles. The van der Waals surface area contributed by atoms with Gasteiger partial charge in [-0.3, -0.25) is 0 Å². The molecular weight excluding hydrogens is 152 g/mol. The molecule has 0 aliphatic carbocycles. The Bertz CT molecular complexity index is 114. The van der Waals surface area contributed by atoms with Crippen LogP contribution in [0.3, 0.4) is 0 Å². The van der Waals surface area contributed by atoms with Gasteiger partial charge in [0.25, 0.3) is 0 Å². The van der Waals surface area contributed by atoms with Crippen molar-refractivity contribution in [3.8, 4) is 0 Å². The minimum absolute atomic E-state index is 0.0802. The number of ether oxygens (including phenoxy) is 2. The van der Waals surface area contributed by atoms with Crippen LogP contribution in [0.1, 0.15) is 46.0 Å². The van der Waals surface area contributed by atoms with Crippen molar-refractivity contribution in [1.82, 2.24) is 0 Å². The van der Waals surface area contributed by atoms with E-state index < -0.39 is 0 Å². The first-order valence-corrected chi connectivity index (χ1v) is 5.13. The van der Waals surface area contributed by atoms with Crippen LogP contribution in [0.2, 0.25) is 0 Å². The Balaban J connectivity index is 2.03. The smallest absolute Gasteiger partial charge is 0.157 e. The number of rotatable bonds is 5. The molecule has 0 aromatic heterocycles. The molecule has 2 unspecified atom stereocenters. The van der Waals surface area contributed by atoms with Crippen molar-refractivity contribution in [3.63, 3.8) is 0 Å². The number of hydrogen-bond donors (Lipinski definition) is 0. The summed E-state index contributed by atoms with van der Waals surface area (Å²) < 4.78 is 11.1. The van der Waals surface area contributed by atoms with Crippen LogP contribution in [0.5, 0.6) is 0 Å². The van der Waals surface area contributed by atoms with E-state index in [1.807, 2.05) is 0 Å². The van der Waals surface area contributed by atoms with E-state index in [-0.39, 0.29) is 6.29 Å². The van der Waals surface area contributed by atoms with Crippen LogP contribution < -0.4 is 0 Å². The fourth-order valence-corrected chi connectivity index (χ4v) is 1.50. The topological polar surface area (TPSA) is 18.5 Å². The van der Waals surface area contributed by atoms with Gasteiger partial charge in [0, 0.05) is 0 Å². The monoisotopic (exact) mass is 172 g/mol. The highest BCUT2D eigenvalue weighted by Gasteiger charge is 2.23. The molecule has 0 aromatic rings. The molecule has 1 heterocycles. The van der Waals surface area contributed by atoms with Crippen molar-refractivity contribution in [1.29, 1.82) is 0 Å². The third-order valence-corrected chi connectivity index (χ3v) is 2.28. The summed E-state index contributed by atoms with van der Waals surface area (Å²) in [5, 5.41) is 0. The zero-order valence-corrected chi connectivity index (χ0v) is 8.21. The van der Waals surface area contributed by atoms with E-state index in [0.29, 0.717) is 6.10 Å². The molecule has 0 N–H and O–H groups in total. The Hall–Kier alpha value is -0.0800. The molecule has 0 amide bonds. The van der Waals surface area contributed by atoms with E-state index in [4.69, 9.17) is 9.47 Å². The molecule has 0 saturated carbocycles. The third kappa shape index (κ3) is 3.11. The Morgan fingerprint density at radius 3 is 2.67 bits per heavy atom. The lowest BCUT2D eigenvalue weighted by molar-refractivity contribution is -0.0598. The predicted molar refractivity (Wildman–Crippen MR) is 49.0 cm³/mol. The molecule has 2 atom stereocenters. The standard InChI is InChI=1S/C10H20O2/c1-3-5-6-7-9-8-11-10(4-2)12-9/h9-10H,3-8H2,1-2H3. The Morgan fingerprint density at radius 1 is 1.25 bits per heavy atom. The van der Waals surface area contributed by atoms with Gasteiger partial charge in [0.15, 0.2) is 6.29 Å². The van der Waals surface area contributed by atoms with Crippen molar-refractivity contribution in [3.05, 3.63) is 0 Å². The van der Waals surface area contributed by atoms with Gasteiger partial charge in [0.05, 0.1) is 12.7 Å². The summed E-state index contributed by atoms with van der Waals surface area (Å²) in [6.45, 7) is 5.13. The molecule has 1 aliphatic rings. The first-order valence-electron chi connectivity index (χ1n) is 5.13. The lowest BCUT2D eigenvalue weighted by atomic mass is 10.1. The second-order valence-corrected chi connectivity index (χ2v) is 3.43. The second-order valence-electron chi connectivity index (χ2n) is 3.43.